The highest BCUT2D eigenvalue weighted by atomic mass is 32.2. The van der Waals surface area contributed by atoms with Crippen molar-refractivity contribution in [3.63, 3.8) is 0 Å². The van der Waals surface area contributed by atoms with E-state index in [-0.39, 0.29) is 10.2 Å². The standard InChI is InChI=1S/C21H42N4O2S/c1-5-22-19(23-11-16-28(26)20(2,3)4)24-17-21(9-7-6-8-10-21)18-25-12-14-27-15-13-25/h5-18H2,1-4H3,(H2,22,23,24). The van der Waals surface area contributed by atoms with Crippen molar-refractivity contribution >= 4 is 16.8 Å². The first-order valence-electron chi connectivity index (χ1n) is 11.1. The van der Waals surface area contributed by atoms with Crippen LogP contribution < -0.4 is 10.6 Å². The quantitative estimate of drug-likeness (QED) is 0.471. The molecule has 1 saturated carbocycles. The summed E-state index contributed by atoms with van der Waals surface area (Å²) < 4.78 is 17.6. The highest BCUT2D eigenvalue weighted by Crippen LogP contribution is 2.37. The van der Waals surface area contributed by atoms with E-state index in [1.54, 1.807) is 0 Å². The van der Waals surface area contributed by atoms with Crippen LogP contribution in [0.5, 0.6) is 0 Å². The molecule has 0 aromatic heterocycles. The Kier molecular flexibility index (Phi) is 9.71. The van der Waals surface area contributed by atoms with Crippen LogP contribution in [0.25, 0.3) is 0 Å². The van der Waals surface area contributed by atoms with Gasteiger partial charge >= 0.3 is 0 Å². The average molecular weight is 415 g/mol. The predicted octanol–water partition coefficient (Wildman–Crippen LogP) is 2.37. The van der Waals surface area contributed by atoms with E-state index in [1.807, 2.05) is 20.8 Å². The van der Waals surface area contributed by atoms with Gasteiger partial charge < -0.3 is 15.4 Å². The largest absolute Gasteiger partial charge is 0.379 e. The van der Waals surface area contributed by atoms with Gasteiger partial charge in [-0.2, -0.15) is 0 Å². The van der Waals surface area contributed by atoms with Gasteiger partial charge in [-0.3, -0.25) is 14.1 Å². The van der Waals surface area contributed by atoms with Crippen molar-refractivity contribution in [1.29, 1.82) is 0 Å². The summed E-state index contributed by atoms with van der Waals surface area (Å²) in [6.07, 6.45) is 6.51. The molecule has 1 unspecified atom stereocenters. The fraction of sp³-hybridized carbons (Fsp3) is 0.952. The number of guanidine groups is 1. The summed E-state index contributed by atoms with van der Waals surface area (Å²) in [5.74, 6) is 1.51. The molecule has 6 nitrogen and oxygen atoms in total. The van der Waals surface area contributed by atoms with E-state index in [2.05, 4.69) is 22.5 Å². The highest BCUT2D eigenvalue weighted by Gasteiger charge is 2.34. The summed E-state index contributed by atoms with van der Waals surface area (Å²) in [7, 11) is -0.843. The maximum atomic E-state index is 12.3. The lowest BCUT2D eigenvalue weighted by Crippen LogP contribution is -2.47. The number of hydrogen-bond acceptors (Lipinski definition) is 4. The van der Waals surface area contributed by atoms with Crippen LogP contribution in [0.15, 0.2) is 4.99 Å². The first-order chi connectivity index (χ1) is 13.3. The van der Waals surface area contributed by atoms with E-state index in [0.717, 1.165) is 51.9 Å². The SMILES string of the molecule is CCNC(=NCC1(CN2CCOCC2)CCCCC1)NCCS(=O)C(C)(C)C. The van der Waals surface area contributed by atoms with Gasteiger partial charge in [0, 0.05) is 66.0 Å². The lowest BCUT2D eigenvalue weighted by atomic mass is 9.73. The molecule has 0 radical (unpaired) electrons. The van der Waals surface area contributed by atoms with Crippen LogP contribution in [0.3, 0.4) is 0 Å². The number of nitrogens with one attached hydrogen (secondary N) is 2. The van der Waals surface area contributed by atoms with Gasteiger partial charge in [0.15, 0.2) is 5.96 Å². The van der Waals surface area contributed by atoms with Crippen molar-refractivity contribution in [2.24, 2.45) is 10.4 Å². The van der Waals surface area contributed by atoms with Crippen molar-refractivity contribution in [2.45, 2.75) is 64.5 Å². The van der Waals surface area contributed by atoms with Crippen LogP contribution in [-0.2, 0) is 15.5 Å². The van der Waals surface area contributed by atoms with Crippen molar-refractivity contribution in [1.82, 2.24) is 15.5 Å². The Morgan fingerprint density at radius 1 is 1.14 bits per heavy atom. The number of ether oxygens (including phenoxy) is 1. The second-order valence-electron chi connectivity index (χ2n) is 9.23. The molecule has 1 saturated heterocycles. The van der Waals surface area contributed by atoms with Crippen molar-refractivity contribution in [3.05, 3.63) is 0 Å². The molecule has 1 aliphatic heterocycles. The molecule has 2 N–H and O–H groups in total. The predicted molar refractivity (Wildman–Crippen MR) is 120 cm³/mol. The zero-order valence-corrected chi connectivity index (χ0v) is 19.3. The molecule has 1 heterocycles. The fourth-order valence-corrected chi connectivity index (χ4v) is 4.96. The monoisotopic (exact) mass is 414 g/mol. The molecule has 7 heteroatoms. The first-order valence-corrected chi connectivity index (χ1v) is 12.4. The van der Waals surface area contributed by atoms with Gasteiger partial charge in [-0.1, -0.05) is 19.3 Å². The average Bonchev–Trinajstić information content (AvgIpc) is 2.67. The van der Waals surface area contributed by atoms with Crippen LogP contribution in [0.2, 0.25) is 0 Å². The van der Waals surface area contributed by atoms with E-state index < -0.39 is 10.8 Å². The summed E-state index contributed by atoms with van der Waals surface area (Å²) in [5, 5.41) is 6.76. The summed E-state index contributed by atoms with van der Waals surface area (Å²) in [4.78, 5) is 7.54. The van der Waals surface area contributed by atoms with Crippen LogP contribution >= 0.6 is 0 Å². The highest BCUT2D eigenvalue weighted by molar-refractivity contribution is 7.86. The fourth-order valence-electron chi connectivity index (χ4n) is 4.06. The van der Waals surface area contributed by atoms with E-state index in [4.69, 9.17) is 9.73 Å². The van der Waals surface area contributed by atoms with Gasteiger partial charge in [-0.15, -0.1) is 0 Å². The number of aliphatic imine (C=N–C) groups is 1. The molecule has 2 fully saturated rings. The maximum absolute atomic E-state index is 12.3. The van der Waals surface area contributed by atoms with Crippen molar-refractivity contribution in [3.8, 4) is 0 Å². The summed E-state index contributed by atoms with van der Waals surface area (Å²) in [6.45, 7) is 15.5. The number of morpholine rings is 1. The Labute approximate surface area is 174 Å². The molecule has 2 aliphatic rings. The Hall–Kier alpha value is -0.660. The third kappa shape index (κ3) is 7.99. The maximum Gasteiger partial charge on any atom is 0.191 e. The van der Waals surface area contributed by atoms with Gasteiger partial charge in [0.2, 0.25) is 0 Å². The normalized spacial score (nSPS) is 22.6. The van der Waals surface area contributed by atoms with Crippen LogP contribution in [0.4, 0.5) is 0 Å². The minimum Gasteiger partial charge on any atom is -0.379 e. The van der Waals surface area contributed by atoms with E-state index in [0.29, 0.717) is 12.3 Å². The first kappa shape index (κ1) is 23.6. The van der Waals surface area contributed by atoms with Gasteiger partial charge in [0.25, 0.3) is 0 Å². The molecule has 0 aromatic rings. The molecule has 0 aromatic carbocycles. The molecule has 2 rings (SSSR count). The summed E-state index contributed by atoms with van der Waals surface area (Å²) in [6, 6.07) is 0. The Morgan fingerprint density at radius 2 is 1.82 bits per heavy atom. The molecule has 0 bridgehead atoms. The molecule has 164 valence electrons. The van der Waals surface area contributed by atoms with Crippen LogP contribution in [-0.4, -0.2) is 78.1 Å². The molecular weight excluding hydrogens is 372 g/mol. The van der Waals surface area contributed by atoms with E-state index in [1.165, 1.54) is 32.1 Å². The topological polar surface area (TPSA) is 66.0 Å². The molecule has 1 aliphatic carbocycles. The minimum atomic E-state index is -0.843. The van der Waals surface area contributed by atoms with Gasteiger partial charge in [-0.25, -0.2) is 0 Å². The van der Waals surface area contributed by atoms with Crippen LogP contribution in [0, 0.1) is 5.41 Å². The Balaban J connectivity index is 1.94. The molecule has 0 amide bonds. The molecule has 1 atom stereocenters. The Morgan fingerprint density at radius 3 is 2.43 bits per heavy atom. The van der Waals surface area contributed by atoms with Gasteiger partial charge in [0.1, 0.15) is 0 Å². The van der Waals surface area contributed by atoms with Crippen molar-refractivity contribution in [2.75, 3.05) is 58.2 Å². The van der Waals surface area contributed by atoms with E-state index in [9.17, 15) is 4.21 Å². The van der Waals surface area contributed by atoms with Crippen molar-refractivity contribution < 1.29 is 8.95 Å². The molecular formula is C21H42N4O2S. The lowest BCUT2D eigenvalue weighted by Gasteiger charge is -2.41. The Bertz CT molecular complexity index is 507. The van der Waals surface area contributed by atoms with E-state index >= 15 is 0 Å². The second-order valence-corrected chi connectivity index (χ2v) is 11.6. The van der Waals surface area contributed by atoms with Gasteiger partial charge in [0.05, 0.1) is 13.2 Å². The second kappa shape index (κ2) is 11.5. The third-order valence-electron chi connectivity index (χ3n) is 5.76. The number of rotatable bonds is 8. The summed E-state index contributed by atoms with van der Waals surface area (Å²) >= 11 is 0. The smallest absolute Gasteiger partial charge is 0.191 e. The zero-order valence-electron chi connectivity index (χ0n) is 18.5. The zero-order chi connectivity index (χ0) is 20.5. The summed E-state index contributed by atoms with van der Waals surface area (Å²) in [5.41, 5.74) is 0.284. The molecule has 0 spiro atoms. The molecule has 28 heavy (non-hydrogen) atoms. The minimum absolute atomic E-state index is 0.165. The number of nitrogens with zero attached hydrogens (tertiary/aromatic N) is 2. The van der Waals surface area contributed by atoms with Gasteiger partial charge in [-0.05, 0) is 40.5 Å². The number of hydrogen-bond donors (Lipinski definition) is 2. The van der Waals surface area contributed by atoms with Crippen LogP contribution in [0.1, 0.15) is 59.8 Å². The third-order valence-corrected chi connectivity index (χ3v) is 7.70. The lowest BCUT2D eigenvalue weighted by molar-refractivity contribution is 0.00937.